The van der Waals surface area contributed by atoms with Gasteiger partial charge in [0.2, 0.25) is 5.91 Å². The number of carbonyl (C=O) groups excluding carboxylic acids is 3. The van der Waals surface area contributed by atoms with E-state index in [2.05, 4.69) is 5.32 Å². The Labute approximate surface area is 209 Å². The van der Waals surface area contributed by atoms with Gasteiger partial charge in [0.25, 0.3) is 11.8 Å². The highest BCUT2D eigenvalue weighted by Gasteiger charge is 2.40. The summed E-state index contributed by atoms with van der Waals surface area (Å²) in [7, 11) is 0. The van der Waals surface area contributed by atoms with Crippen molar-refractivity contribution in [3.63, 3.8) is 0 Å². The lowest BCUT2D eigenvalue weighted by Crippen LogP contribution is -2.42. The molecule has 0 saturated carbocycles. The Balaban J connectivity index is 1.74. The molecule has 1 saturated heterocycles. The lowest BCUT2D eigenvalue weighted by Gasteiger charge is -2.21. The fourth-order valence-corrected chi connectivity index (χ4v) is 4.54. The molecule has 1 fully saturated rings. The number of carboxylic acid groups (broad SMARTS) is 1. The van der Waals surface area contributed by atoms with E-state index in [0.717, 1.165) is 0 Å². The number of rotatable bonds is 8. The number of anilines is 1. The third-order valence-corrected chi connectivity index (χ3v) is 6.38. The first kappa shape index (κ1) is 26.2. The summed E-state index contributed by atoms with van der Waals surface area (Å²) >= 11 is 6.14. The molecule has 0 radical (unpaired) electrons. The molecule has 2 aromatic rings. The molecule has 0 aliphatic carbocycles. The summed E-state index contributed by atoms with van der Waals surface area (Å²) in [5.41, 5.74) is 2.19. The molecule has 1 aliphatic heterocycles. The van der Waals surface area contributed by atoms with Crippen molar-refractivity contribution in [2.45, 2.75) is 52.6 Å². The zero-order valence-corrected chi connectivity index (χ0v) is 21.0. The molecule has 35 heavy (non-hydrogen) atoms. The van der Waals surface area contributed by atoms with Gasteiger partial charge in [-0.05, 0) is 48.6 Å². The number of amides is 3. The van der Waals surface area contributed by atoms with Gasteiger partial charge in [-0.1, -0.05) is 49.7 Å². The number of nitrogens with one attached hydrogen (secondary N) is 1. The summed E-state index contributed by atoms with van der Waals surface area (Å²) in [4.78, 5) is 52.8. The first-order chi connectivity index (χ1) is 16.5. The maximum atomic E-state index is 13.0. The molecule has 1 aliphatic rings. The second kappa shape index (κ2) is 10.9. The van der Waals surface area contributed by atoms with Gasteiger partial charge in [-0.2, -0.15) is 0 Å². The van der Waals surface area contributed by atoms with Crippen LogP contribution in [0.5, 0.6) is 0 Å². The molecule has 3 amide bonds. The maximum absolute atomic E-state index is 13.0. The van der Waals surface area contributed by atoms with Crippen LogP contribution in [0.3, 0.4) is 0 Å². The van der Waals surface area contributed by atoms with Crippen LogP contribution in [0.25, 0.3) is 0 Å². The molecule has 0 spiro atoms. The minimum absolute atomic E-state index is 0.0499. The Morgan fingerprint density at radius 3 is 2.34 bits per heavy atom. The van der Waals surface area contributed by atoms with Gasteiger partial charge in [0.15, 0.2) is 0 Å². The number of carbonyl (C=O) groups is 4. The Kier molecular flexibility index (Phi) is 8.17. The summed E-state index contributed by atoms with van der Waals surface area (Å²) in [5.74, 6) is -1.76. The summed E-state index contributed by atoms with van der Waals surface area (Å²) in [6, 6.07) is 10.3. The number of nitrogens with zero attached hydrogens (tertiary/aromatic N) is 2. The minimum atomic E-state index is -1.17. The standard InChI is InChI=1S/C26H30ClN3O5/c1-15(2)12-22-25(33)30(14-29(22)17(4)31)19-10-8-18(9-11-19)13-21(26(34)35)28-24(32)23-16(3)6-5-7-20(23)27/h5-11,15,21-22H,12-14H2,1-4H3,(H,28,32)(H,34,35). The third-order valence-electron chi connectivity index (χ3n) is 6.06. The number of hydrogen-bond donors (Lipinski definition) is 2. The SMILES string of the molecule is CC(=O)N1CN(c2ccc(CC(NC(=O)c3c(C)cccc3Cl)C(=O)O)cc2)C(=O)C1CC(C)C. The Bertz CT molecular complexity index is 1110. The van der Waals surface area contributed by atoms with Crippen molar-refractivity contribution in [2.75, 3.05) is 11.6 Å². The molecule has 3 rings (SSSR count). The first-order valence-corrected chi connectivity index (χ1v) is 11.8. The topological polar surface area (TPSA) is 107 Å². The van der Waals surface area contributed by atoms with Crippen LogP contribution in [0.2, 0.25) is 5.02 Å². The fourth-order valence-electron chi connectivity index (χ4n) is 4.23. The largest absolute Gasteiger partial charge is 0.480 e. The van der Waals surface area contributed by atoms with E-state index in [9.17, 15) is 24.3 Å². The molecule has 2 atom stereocenters. The van der Waals surface area contributed by atoms with Crippen molar-refractivity contribution in [3.8, 4) is 0 Å². The molecule has 9 heteroatoms. The van der Waals surface area contributed by atoms with E-state index >= 15 is 0 Å². The van der Waals surface area contributed by atoms with Crippen LogP contribution in [0, 0.1) is 12.8 Å². The van der Waals surface area contributed by atoms with Gasteiger partial charge >= 0.3 is 5.97 Å². The molecule has 0 aromatic heterocycles. The Hall–Kier alpha value is -3.39. The fraction of sp³-hybridized carbons (Fsp3) is 0.385. The second-order valence-corrected chi connectivity index (χ2v) is 9.62. The van der Waals surface area contributed by atoms with Crippen LogP contribution in [0.4, 0.5) is 5.69 Å². The van der Waals surface area contributed by atoms with E-state index in [0.29, 0.717) is 23.2 Å². The number of hydrogen-bond acceptors (Lipinski definition) is 4. The van der Waals surface area contributed by atoms with Crippen molar-refractivity contribution in [1.82, 2.24) is 10.2 Å². The normalized spacial score (nSPS) is 16.5. The number of carboxylic acids is 1. The van der Waals surface area contributed by atoms with E-state index in [1.165, 1.54) is 6.92 Å². The van der Waals surface area contributed by atoms with Gasteiger partial charge in [-0.25, -0.2) is 4.79 Å². The lowest BCUT2D eigenvalue weighted by molar-refractivity contribution is -0.139. The predicted molar refractivity (Wildman–Crippen MR) is 133 cm³/mol. The van der Waals surface area contributed by atoms with Crippen molar-refractivity contribution in [1.29, 1.82) is 0 Å². The number of halogens is 1. The van der Waals surface area contributed by atoms with Gasteiger partial charge in [-0.15, -0.1) is 0 Å². The van der Waals surface area contributed by atoms with Crippen molar-refractivity contribution >= 4 is 41.0 Å². The minimum Gasteiger partial charge on any atom is -0.480 e. The number of aryl methyl sites for hydroxylation is 1. The van der Waals surface area contributed by atoms with Crippen LogP contribution in [-0.2, 0) is 20.8 Å². The van der Waals surface area contributed by atoms with E-state index < -0.39 is 24.0 Å². The molecule has 2 unspecified atom stereocenters. The van der Waals surface area contributed by atoms with Crippen molar-refractivity contribution < 1.29 is 24.3 Å². The zero-order chi connectivity index (χ0) is 25.9. The quantitative estimate of drug-likeness (QED) is 0.576. The lowest BCUT2D eigenvalue weighted by atomic mass is 10.0. The molecule has 8 nitrogen and oxygen atoms in total. The van der Waals surface area contributed by atoms with Gasteiger partial charge < -0.3 is 15.3 Å². The zero-order valence-electron chi connectivity index (χ0n) is 20.2. The molecular weight excluding hydrogens is 470 g/mol. The molecule has 2 N–H and O–H groups in total. The van der Waals surface area contributed by atoms with Gasteiger partial charge in [0.1, 0.15) is 18.8 Å². The molecule has 186 valence electrons. The highest BCUT2D eigenvalue weighted by atomic mass is 35.5. The highest BCUT2D eigenvalue weighted by Crippen LogP contribution is 2.27. The van der Waals surface area contributed by atoms with Gasteiger partial charge in [-0.3, -0.25) is 19.3 Å². The molecule has 1 heterocycles. The number of benzene rings is 2. The van der Waals surface area contributed by atoms with E-state index in [1.807, 2.05) is 13.8 Å². The van der Waals surface area contributed by atoms with Crippen LogP contribution < -0.4 is 10.2 Å². The predicted octanol–water partition coefficient (Wildman–Crippen LogP) is 3.64. The average molecular weight is 500 g/mol. The van der Waals surface area contributed by atoms with E-state index in [1.54, 1.807) is 59.2 Å². The summed E-state index contributed by atoms with van der Waals surface area (Å²) < 4.78 is 0. The Morgan fingerprint density at radius 2 is 1.80 bits per heavy atom. The van der Waals surface area contributed by atoms with Crippen LogP contribution in [-0.4, -0.2) is 52.4 Å². The molecular formula is C26H30ClN3O5. The summed E-state index contributed by atoms with van der Waals surface area (Å²) in [6.45, 7) is 7.38. The number of aliphatic carboxylic acids is 1. The summed E-state index contributed by atoms with van der Waals surface area (Å²) in [5, 5.41) is 12.5. The highest BCUT2D eigenvalue weighted by molar-refractivity contribution is 6.34. The Morgan fingerprint density at radius 1 is 1.14 bits per heavy atom. The first-order valence-electron chi connectivity index (χ1n) is 11.5. The van der Waals surface area contributed by atoms with E-state index in [4.69, 9.17) is 11.6 Å². The average Bonchev–Trinajstić information content (AvgIpc) is 3.09. The van der Waals surface area contributed by atoms with Crippen LogP contribution in [0.15, 0.2) is 42.5 Å². The molecule has 0 bridgehead atoms. The maximum Gasteiger partial charge on any atom is 0.326 e. The van der Waals surface area contributed by atoms with E-state index in [-0.39, 0.29) is 41.4 Å². The van der Waals surface area contributed by atoms with Crippen molar-refractivity contribution in [2.24, 2.45) is 5.92 Å². The van der Waals surface area contributed by atoms with Gasteiger partial charge in [0, 0.05) is 19.0 Å². The molecule has 2 aromatic carbocycles. The summed E-state index contributed by atoms with van der Waals surface area (Å²) in [6.07, 6.45) is 0.631. The van der Waals surface area contributed by atoms with Gasteiger partial charge in [0.05, 0.1) is 10.6 Å². The van der Waals surface area contributed by atoms with Crippen LogP contribution >= 0.6 is 11.6 Å². The smallest absolute Gasteiger partial charge is 0.326 e. The third kappa shape index (κ3) is 6.00. The second-order valence-electron chi connectivity index (χ2n) is 9.21. The monoisotopic (exact) mass is 499 g/mol. The van der Waals surface area contributed by atoms with Crippen molar-refractivity contribution in [3.05, 3.63) is 64.2 Å². The van der Waals surface area contributed by atoms with Crippen LogP contribution in [0.1, 0.15) is 48.7 Å².